The van der Waals surface area contributed by atoms with Gasteiger partial charge in [0.1, 0.15) is 5.82 Å². The number of nitrogens with one attached hydrogen (secondary N) is 1. The molecule has 1 unspecified atom stereocenters. The molecule has 0 bridgehead atoms. The van der Waals surface area contributed by atoms with Crippen LogP contribution in [0.2, 0.25) is 5.02 Å². The maximum Gasteiger partial charge on any atom is 0.129 e. The molecule has 0 spiro atoms. The van der Waals surface area contributed by atoms with Gasteiger partial charge in [-0.25, -0.2) is 4.39 Å². The predicted octanol–water partition coefficient (Wildman–Crippen LogP) is 3.20. The lowest BCUT2D eigenvalue weighted by Gasteiger charge is -2.11. The highest BCUT2D eigenvalue weighted by atomic mass is 35.5. The quantitative estimate of drug-likeness (QED) is 0.791. The summed E-state index contributed by atoms with van der Waals surface area (Å²) in [5.41, 5.74) is 0.492. The summed E-state index contributed by atoms with van der Waals surface area (Å²) >= 11 is 11.5. The second kappa shape index (κ2) is 5.54. The van der Waals surface area contributed by atoms with E-state index < -0.39 is 0 Å². The number of rotatable bonds is 4. The lowest BCUT2D eigenvalue weighted by atomic mass is 10.2. The zero-order valence-corrected chi connectivity index (χ0v) is 9.37. The summed E-state index contributed by atoms with van der Waals surface area (Å²) in [6.45, 7) is 2.33. The fourth-order valence-corrected chi connectivity index (χ4v) is 1.37. The molecule has 0 aliphatic carbocycles. The van der Waals surface area contributed by atoms with Crippen LogP contribution >= 0.6 is 23.2 Å². The van der Waals surface area contributed by atoms with Crippen LogP contribution in [0.4, 0.5) is 4.39 Å². The topological polar surface area (TPSA) is 12.0 Å². The van der Waals surface area contributed by atoms with E-state index in [0.717, 1.165) is 0 Å². The summed E-state index contributed by atoms with van der Waals surface area (Å²) in [7, 11) is 0. The molecule has 0 radical (unpaired) electrons. The van der Waals surface area contributed by atoms with E-state index in [0.29, 0.717) is 23.0 Å². The van der Waals surface area contributed by atoms with Crippen molar-refractivity contribution in [2.24, 2.45) is 0 Å². The maximum atomic E-state index is 13.2. The Hall–Kier alpha value is -0.310. The lowest BCUT2D eigenvalue weighted by molar-refractivity contribution is 0.556. The summed E-state index contributed by atoms with van der Waals surface area (Å²) in [6, 6.07) is 4.81. The van der Waals surface area contributed by atoms with Crippen molar-refractivity contribution in [3.05, 3.63) is 34.6 Å². The van der Waals surface area contributed by atoms with Crippen molar-refractivity contribution in [3.63, 3.8) is 0 Å². The van der Waals surface area contributed by atoms with Gasteiger partial charge in [0.25, 0.3) is 0 Å². The zero-order valence-electron chi connectivity index (χ0n) is 7.86. The summed E-state index contributed by atoms with van der Waals surface area (Å²) < 4.78 is 13.2. The van der Waals surface area contributed by atoms with Crippen LogP contribution in [0, 0.1) is 5.82 Å². The van der Waals surface area contributed by atoms with Gasteiger partial charge in [0, 0.05) is 29.1 Å². The van der Waals surface area contributed by atoms with Crippen LogP contribution in [0.1, 0.15) is 12.5 Å². The van der Waals surface area contributed by atoms with E-state index in [4.69, 9.17) is 23.2 Å². The van der Waals surface area contributed by atoms with Gasteiger partial charge in [0.05, 0.1) is 0 Å². The van der Waals surface area contributed by atoms with Gasteiger partial charge in [-0.05, 0) is 19.1 Å². The molecule has 0 amide bonds. The Morgan fingerprint density at radius 3 is 2.79 bits per heavy atom. The highest BCUT2D eigenvalue weighted by Crippen LogP contribution is 2.18. The average molecular weight is 236 g/mol. The van der Waals surface area contributed by atoms with Crippen molar-refractivity contribution >= 4 is 23.2 Å². The Morgan fingerprint density at radius 1 is 1.50 bits per heavy atom. The fraction of sp³-hybridized carbons (Fsp3) is 0.400. The van der Waals surface area contributed by atoms with Crippen LogP contribution in [0.15, 0.2) is 18.2 Å². The van der Waals surface area contributed by atoms with E-state index in [9.17, 15) is 4.39 Å². The van der Waals surface area contributed by atoms with Gasteiger partial charge < -0.3 is 5.32 Å². The van der Waals surface area contributed by atoms with Crippen molar-refractivity contribution in [1.29, 1.82) is 0 Å². The number of alkyl halides is 1. The first kappa shape index (κ1) is 11.8. The van der Waals surface area contributed by atoms with Crippen LogP contribution in [-0.2, 0) is 6.54 Å². The van der Waals surface area contributed by atoms with Gasteiger partial charge in [0.2, 0.25) is 0 Å². The Balaban J connectivity index is 2.66. The average Bonchev–Trinajstić information content (AvgIpc) is 2.16. The zero-order chi connectivity index (χ0) is 10.6. The first-order valence-corrected chi connectivity index (χ1v) is 5.28. The van der Waals surface area contributed by atoms with Gasteiger partial charge in [-0.3, -0.25) is 0 Å². The molecule has 14 heavy (non-hydrogen) atoms. The van der Waals surface area contributed by atoms with E-state index in [1.807, 2.05) is 6.92 Å². The molecule has 0 aromatic heterocycles. The third kappa shape index (κ3) is 3.12. The number of hydrogen-bond acceptors (Lipinski definition) is 1. The van der Waals surface area contributed by atoms with Crippen LogP contribution in [0.3, 0.4) is 0 Å². The Labute approximate surface area is 93.2 Å². The molecule has 0 saturated heterocycles. The van der Waals surface area contributed by atoms with E-state index in [1.165, 1.54) is 6.07 Å². The van der Waals surface area contributed by atoms with Crippen LogP contribution < -0.4 is 5.32 Å². The molecule has 1 N–H and O–H groups in total. The number of benzene rings is 1. The van der Waals surface area contributed by atoms with E-state index in [1.54, 1.807) is 12.1 Å². The summed E-state index contributed by atoms with van der Waals surface area (Å²) in [6.07, 6.45) is 0. The third-order valence-corrected chi connectivity index (χ3v) is 2.74. The number of hydrogen-bond donors (Lipinski definition) is 1. The minimum absolute atomic E-state index is 0.146. The van der Waals surface area contributed by atoms with Crippen molar-refractivity contribution in [2.75, 3.05) is 5.88 Å². The summed E-state index contributed by atoms with van der Waals surface area (Å²) in [4.78, 5) is 0. The van der Waals surface area contributed by atoms with Crippen LogP contribution in [0.5, 0.6) is 0 Å². The van der Waals surface area contributed by atoms with E-state index in [2.05, 4.69) is 5.32 Å². The van der Waals surface area contributed by atoms with Gasteiger partial charge in [0.15, 0.2) is 0 Å². The predicted molar refractivity (Wildman–Crippen MR) is 58.4 cm³/mol. The third-order valence-electron chi connectivity index (χ3n) is 1.92. The second-order valence-electron chi connectivity index (χ2n) is 3.14. The summed E-state index contributed by atoms with van der Waals surface area (Å²) in [5, 5.41) is 3.52. The molecule has 1 rings (SSSR count). The Kier molecular flexibility index (Phi) is 4.66. The van der Waals surface area contributed by atoms with Crippen molar-refractivity contribution in [1.82, 2.24) is 5.32 Å². The monoisotopic (exact) mass is 235 g/mol. The molecule has 4 heteroatoms. The largest absolute Gasteiger partial charge is 0.309 e. The van der Waals surface area contributed by atoms with Crippen molar-refractivity contribution in [2.45, 2.75) is 19.5 Å². The molecule has 0 saturated carbocycles. The van der Waals surface area contributed by atoms with Gasteiger partial charge in [-0.15, -0.1) is 11.6 Å². The molecule has 0 heterocycles. The maximum absolute atomic E-state index is 13.2. The molecule has 1 aromatic carbocycles. The van der Waals surface area contributed by atoms with Gasteiger partial charge >= 0.3 is 0 Å². The van der Waals surface area contributed by atoms with Crippen molar-refractivity contribution < 1.29 is 4.39 Å². The standard InChI is InChI=1S/C10H12Cl2FN/c1-7(5-11)14-6-8-9(12)3-2-4-10(8)13/h2-4,7,14H,5-6H2,1H3. The molecule has 0 fully saturated rings. The normalized spacial score (nSPS) is 12.9. The molecule has 78 valence electrons. The van der Waals surface area contributed by atoms with E-state index in [-0.39, 0.29) is 11.9 Å². The van der Waals surface area contributed by atoms with Gasteiger partial charge in [-0.1, -0.05) is 17.7 Å². The van der Waals surface area contributed by atoms with E-state index >= 15 is 0 Å². The van der Waals surface area contributed by atoms with Crippen LogP contribution in [0.25, 0.3) is 0 Å². The smallest absolute Gasteiger partial charge is 0.129 e. The number of halogens is 3. The second-order valence-corrected chi connectivity index (χ2v) is 3.85. The molecule has 1 nitrogen and oxygen atoms in total. The highest BCUT2D eigenvalue weighted by Gasteiger charge is 2.07. The highest BCUT2D eigenvalue weighted by molar-refractivity contribution is 6.31. The lowest BCUT2D eigenvalue weighted by Crippen LogP contribution is -2.27. The first-order chi connectivity index (χ1) is 6.65. The first-order valence-electron chi connectivity index (χ1n) is 4.37. The van der Waals surface area contributed by atoms with Crippen molar-refractivity contribution in [3.8, 4) is 0 Å². The Bertz CT molecular complexity index is 284. The summed E-state index contributed by atoms with van der Waals surface area (Å²) in [5.74, 6) is 0.207. The fourth-order valence-electron chi connectivity index (χ4n) is 1.03. The molecular formula is C10H12Cl2FN. The molecule has 1 aromatic rings. The molecule has 0 aliphatic heterocycles. The Morgan fingerprint density at radius 2 is 2.21 bits per heavy atom. The van der Waals surface area contributed by atoms with Crippen LogP contribution in [-0.4, -0.2) is 11.9 Å². The molecular weight excluding hydrogens is 224 g/mol. The minimum atomic E-state index is -0.285. The SMILES string of the molecule is CC(CCl)NCc1c(F)cccc1Cl. The van der Waals surface area contributed by atoms with Gasteiger partial charge in [-0.2, -0.15) is 0 Å². The minimum Gasteiger partial charge on any atom is -0.309 e. The molecule has 0 aliphatic rings. The molecule has 1 atom stereocenters.